The molecule has 3 N–H and O–H groups in total. The summed E-state index contributed by atoms with van der Waals surface area (Å²) in [5, 5.41) is 12.5. The molecule has 21 heavy (non-hydrogen) atoms. The number of rotatable bonds is 2. The van der Waals surface area contributed by atoms with Gasteiger partial charge in [0.1, 0.15) is 5.82 Å². The Morgan fingerprint density at radius 1 is 1.38 bits per heavy atom. The normalized spacial score (nSPS) is 17.0. The first-order chi connectivity index (χ1) is 10.1. The lowest BCUT2D eigenvalue weighted by molar-refractivity contribution is -0.116. The van der Waals surface area contributed by atoms with Crippen LogP contribution in [0.15, 0.2) is 29.3 Å². The van der Waals surface area contributed by atoms with Gasteiger partial charge in [-0.05, 0) is 17.7 Å². The molecule has 0 spiro atoms. The number of methoxy groups -OCH3 is 1. The Labute approximate surface area is 119 Å². The maximum Gasteiger partial charge on any atom is 0.256 e. The predicted molar refractivity (Wildman–Crippen MR) is 74.6 cm³/mol. The fraction of sp³-hybridized carbons (Fsp3) is 0.214. The summed E-state index contributed by atoms with van der Waals surface area (Å²) in [5.74, 6) is -0.124. The van der Waals surface area contributed by atoms with Gasteiger partial charge in [-0.15, -0.1) is 0 Å². The van der Waals surface area contributed by atoms with E-state index in [-0.39, 0.29) is 29.5 Å². The highest BCUT2D eigenvalue weighted by atomic mass is 16.5. The van der Waals surface area contributed by atoms with E-state index in [1.165, 1.54) is 19.5 Å². The number of nitrogens with zero attached hydrogens (tertiary/aromatic N) is 1. The second kappa shape index (κ2) is 4.93. The molecule has 2 heterocycles. The number of H-pyrrole nitrogens is 1. The molecule has 0 radical (unpaired) electrons. The van der Waals surface area contributed by atoms with E-state index in [0.29, 0.717) is 16.9 Å². The Balaban J connectivity index is 2.13. The minimum atomic E-state index is -0.456. The monoisotopic (exact) mass is 287 g/mol. The number of phenolic OH excluding ortho intramolecular Hbond substituents is 1. The predicted octanol–water partition coefficient (Wildman–Crippen LogP) is 0.958. The number of nitrogens with one attached hydrogen (secondary N) is 2. The van der Waals surface area contributed by atoms with Crippen molar-refractivity contribution in [1.29, 1.82) is 0 Å². The molecule has 3 rings (SSSR count). The maximum absolute atomic E-state index is 12.0. The molecule has 7 nitrogen and oxygen atoms in total. The van der Waals surface area contributed by atoms with Gasteiger partial charge in [-0.3, -0.25) is 9.59 Å². The summed E-state index contributed by atoms with van der Waals surface area (Å²) in [5.41, 5.74) is 0.741. The van der Waals surface area contributed by atoms with E-state index in [1.54, 1.807) is 12.1 Å². The van der Waals surface area contributed by atoms with Crippen molar-refractivity contribution in [3.63, 3.8) is 0 Å². The largest absolute Gasteiger partial charge is 0.504 e. The second-order valence-corrected chi connectivity index (χ2v) is 4.73. The molecule has 1 aromatic carbocycles. The summed E-state index contributed by atoms with van der Waals surface area (Å²) >= 11 is 0. The molecule has 2 aromatic rings. The van der Waals surface area contributed by atoms with Gasteiger partial charge in [-0.25, -0.2) is 4.98 Å². The van der Waals surface area contributed by atoms with E-state index >= 15 is 0 Å². The van der Waals surface area contributed by atoms with Crippen LogP contribution >= 0.6 is 0 Å². The number of aromatic hydroxyl groups is 1. The number of benzene rings is 1. The summed E-state index contributed by atoms with van der Waals surface area (Å²) in [6.45, 7) is 0. The Kier molecular flexibility index (Phi) is 3.09. The van der Waals surface area contributed by atoms with Gasteiger partial charge in [0.05, 0.1) is 19.0 Å². The van der Waals surface area contributed by atoms with Crippen LogP contribution in [0.2, 0.25) is 0 Å². The van der Waals surface area contributed by atoms with Crippen LogP contribution in [-0.2, 0) is 4.79 Å². The van der Waals surface area contributed by atoms with E-state index in [0.717, 1.165) is 0 Å². The summed E-state index contributed by atoms with van der Waals surface area (Å²) in [6, 6.07) is 4.82. The van der Waals surface area contributed by atoms with Gasteiger partial charge in [0.15, 0.2) is 11.5 Å². The van der Waals surface area contributed by atoms with Crippen molar-refractivity contribution in [3.05, 3.63) is 46.0 Å². The number of aromatic nitrogens is 2. The molecule has 1 atom stereocenters. The standard InChI is InChI=1S/C14H13N3O4/c1-21-10-3-2-7(4-9(10)18)8-5-11(19)17-13-12(8)14(20)16-6-15-13/h2-4,6,8,18H,5H2,1H3,(H2,15,16,17,19,20). The molecule has 0 saturated heterocycles. The summed E-state index contributed by atoms with van der Waals surface area (Å²) in [7, 11) is 1.45. The highest BCUT2D eigenvalue weighted by Gasteiger charge is 2.30. The fourth-order valence-electron chi connectivity index (χ4n) is 2.51. The zero-order valence-corrected chi connectivity index (χ0v) is 11.2. The minimum Gasteiger partial charge on any atom is -0.504 e. The number of aromatic amines is 1. The topological polar surface area (TPSA) is 104 Å². The van der Waals surface area contributed by atoms with Crippen LogP contribution in [-0.4, -0.2) is 28.1 Å². The van der Waals surface area contributed by atoms with E-state index in [4.69, 9.17) is 4.74 Å². The molecule has 0 saturated carbocycles. The summed E-state index contributed by atoms with van der Waals surface area (Å²) < 4.78 is 4.99. The number of anilines is 1. The molecular weight excluding hydrogens is 274 g/mol. The Bertz CT molecular complexity index is 769. The van der Waals surface area contributed by atoms with Crippen LogP contribution in [0.4, 0.5) is 5.82 Å². The van der Waals surface area contributed by atoms with Gasteiger partial charge in [0.2, 0.25) is 5.91 Å². The quantitative estimate of drug-likeness (QED) is 0.763. The molecule has 1 unspecified atom stereocenters. The lowest BCUT2D eigenvalue weighted by Gasteiger charge is -2.24. The molecule has 1 aromatic heterocycles. The Hall–Kier alpha value is -2.83. The molecule has 0 bridgehead atoms. The first-order valence-corrected chi connectivity index (χ1v) is 6.34. The van der Waals surface area contributed by atoms with E-state index in [1.807, 2.05) is 0 Å². The van der Waals surface area contributed by atoms with Crippen molar-refractivity contribution in [2.24, 2.45) is 0 Å². The van der Waals surface area contributed by atoms with Crippen LogP contribution in [0, 0.1) is 0 Å². The zero-order valence-electron chi connectivity index (χ0n) is 11.2. The number of hydrogen-bond acceptors (Lipinski definition) is 5. The molecule has 108 valence electrons. The van der Waals surface area contributed by atoms with Crippen molar-refractivity contribution in [2.75, 3.05) is 12.4 Å². The van der Waals surface area contributed by atoms with Crippen LogP contribution < -0.4 is 15.6 Å². The van der Waals surface area contributed by atoms with Gasteiger partial charge in [-0.1, -0.05) is 6.07 Å². The summed E-state index contributed by atoms with van der Waals surface area (Å²) in [6.07, 6.45) is 1.36. The number of amides is 1. The van der Waals surface area contributed by atoms with E-state index in [2.05, 4.69) is 15.3 Å². The zero-order chi connectivity index (χ0) is 15.0. The third-order valence-electron chi connectivity index (χ3n) is 3.49. The highest BCUT2D eigenvalue weighted by molar-refractivity contribution is 5.94. The number of phenols is 1. The van der Waals surface area contributed by atoms with Crippen LogP contribution in [0.1, 0.15) is 23.5 Å². The smallest absolute Gasteiger partial charge is 0.256 e. The van der Waals surface area contributed by atoms with Crippen molar-refractivity contribution >= 4 is 11.7 Å². The van der Waals surface area contributed by atoms with E-state index < -0.39 is 5.92 Å². The number of carbonyl (C=O) groups is 1. The molecule has 1 aliphatic heterocycles. The maximum atomic E-state index is 12.0. The van der Waals surface area contributed by atoms with Crippen molar-refractivity contribution in [1.82, 2.24) is 9.97 Å². The SMILES string of the molecule is COc1ccc(C2CC(=O)Nc3nc[nH]c(=O)c32)cc1O. The number of ether oxygens (including phenoxy) is 1. The lowest BCUT2D eigenvalue weighted by atomic mass is 9.86. The number of carbonyl (C=O) groups excluding carboxylic acids is 1. The molecule has 7 heteroatoms. The third-order valence-corrected chi connectivity index (χ3v) is 3.49. The summed E-state index contributed by atoms with van der Waals surface area (Å²) in [4.78, 5) is 30.3. The van der Waals surface area contributed by atoms with Gasteiger partial charge in [-0.2, -0.15) is 0 Å². The Morgan fingerprint density at radius 2 is 2.19 bits per heavy atom. The average molecular weight is 287 g/mol. The van der Waals surface area contributed by atoms with Crippen LogP contribution in [0.5, 0.6) is 11.5 Å². The Morgan fingerprint density at radius 3 is 2.90 bits per heavy atom. The van der Waals surface area contributed by atoms with Crippen molar-refractivity contribution in [3.8, 4) is 11.5 Å². The number of hydrogen-bond donors (Lipinski definition) is 3. The van der Waals surface area contributed by atoms with Gasteiger partial charge in [0.25, 0.3) is 5.56 Å². The third kappa shape index (κ3) is 2.22. The first kappa shape index (κ1) is 13.2. The van der Waals surface area contributed by atoms with Gasteiger partial charge < -0.3 is 20.1 Å². The fourth-order valence-corrected chi connectivity index (χ4v) is 2.51. The lowest BCUT2D eigenvalue weighted by Crippen LogP contribution is -2.30. The first-order valence-electron chi connectivity index (χ1n) is 6.34. The van der Waals surface area contributed by atoms with Crippen LogP contribution in [0.3, 0.4) is 0 Å². The van der Waals surface area contributed by atoms with Crippen molar-refractivity contribution in [2.45, 2.75) is 12.3 Å². The van der Waals surface area contributed by atoms with E-state index in [9.17, 15) is 14.7 Å². The molecule has 0 fully saturated rings. The van der Waals surface area contributed by atoms with Crippen LogP contribution in [0.25, 0.3) is 0 Å². The molecule has 1 amide bonds. The molecule has 0 aliphatic carbocycles. The second-order valence-electron chi connectivity index (χ2n) is 4.73. The highest BCUT2D eigenvalue weighted by Crippen LogP contribution is 2.37. The van der Waals surface area contributed by atoms with Crippen molar-refractivity contribution < 1.29 is 14.6 Å². The molecular formula is C14H13N3O4. The average Bonchev–Trinajstić information content (AvgIpc) is 2.46. The molecule has 1 aliphatic rings. The minimum absolute atomic E-state index is 0.0390. The van der Waals surface area contributed by atoms with Gasteiger partial charge in [0, 0.05) is 12.3 Å². The number of fused-ring (bicyclic) bond motifs is 1. The van der Waals surface area contributed by atoms with Gasteiger partial charge >= 0.3 is 0 Å².